The lowest BCUT2D eigenvalue weighted by molar-refractivity contribution is 1.36. The van der Waals surface area contributed by atoms with Crippen molar-refractivity contribution in [2.75, 3.05) is 0 Å². The van der Waals surface area contributed by atoms with Crippen LogP contribution in [0.3, 0.4) is 0 Å². The molecule has 0 unspecified atom stereocenters. The summed E-state index contributed by atoms with van der Waals surface area (Å²) in [6, 6.07) is 0. The van der Waals surface area contributed by atoms with Crippen molar-refractivity contribution in [2.24, 2.45) is 0 Å². The van der Waals surface area contributed by atoms with Crippen LogP contribution in [0.4, 0.5) is 0 Å². The van der Waals surface area contributed by atoms with Crippen LogP contribution in [0.2, 0.25) is 0 Å². The van der Waals surface area contributed by atoms with E-state index in [1.807, 2.05) is 13.8 Å². The molecule has 3 radical (unpaired) electrons. The summed E-state index contributed by atoms with van der Waals surface area (Å²) in [5.74, 6) is 0. The Kier molecular flexibility index (Phi) is 2.47. The highest BCUT2D eigenvalue weighted by atomic mass is 13.7. The molecule has 0 bridgehead atoms. The minimum Gasteiger partial charge on any atom is -0.0679 e. The number of allylic oxidation sites excluding steroid dienone is 3. The van der Waals surface area contributed by atoms with Crippen LogP contribution >= 0.6 is 0 Å². The summed E-state index contributed by atoms with van der Waals surface area (Å²) in [6.45, 7) is 8.68. The molecular formula is C6H7. The molecule has 0 heteroatoms. The molecule has 0 N–H and O–H groups in total. The first-order valence-corrected chi connectivity index (χ1v) is 1.79. The lowest BCUT2D eigenvalue weighted by Crippen LogP contribution is -1.57. The third-order valence-electron chi connectivity index (χ3n) is 0.322. The molecule has 0 rings (SSSR count). The Balaban J connectivity index is 3.41. The molecule has 0 amide bonds. The molecule has 0 saturated heterocycles. The van der Waals surface area contributed by atoms with Crippen molar-refractivity contribution < 1.29 is 0 Å². The van der Waals surface area contributed by atoms with E-state index in [1.165, 1.54) is 0 Å². The monoisotopic (exact) mass is 79.1 g/mol. The third kappa shape index (κ3) is 3.48. The molecule has 0 aromatic carbocycles. The summed E-state index contributed by atoms with van der Waals surface area (Å²) in [7, 11) is 0. The Morgan fingerprint density at radius 3 is 2.00 bits per heavy atom. The van der Waals surface area contributed by atoms with E-state index in [4.69, 9.17) is 6.58 Å². The van der Waals surface area contributed by atoms with Gasteiger partial charge in [0.05, 0.1) is 0 Å². The lowest BCUT2D eigenvalue weighted by atomic mass is 10.3. The van der Waals surface area contributed by atoms with E-state index in [9.17, 15) is 0 Å². The van der Waals surface area contributed by atoms with Crippen LogP contribution < -0.4 is 0 Å². The van der Waals surface area contributed by atoms with Gasteiger partial charge in [-0.1, -0.05) is 12.2 Å². The van der Waals surface area contributed by atoms with Gasteiger partial charge in [-0.05, 0) is 26.0 Å². The number of hydrogen-bond acceptors (Lipinski definition) is 0. The highest BCUT2D eigenvalue weighted by molar-refractivity contribution is 4.90. The van der Waals surface area contributed by atoms with Gasteiger partial charge in [0.15, 0.2) is 0 Å². The van der Waals surface area contributed by atoms with Gasteiger partial charge < -0.3 is 0 Å². The van der Waals surface area contributed by atoms with Crippen LogP contribution in [0.1, 0.15) is 13.8 Å². The first-order chi connectivity index (χ1) is 2.77. The van der Waals surface area contributed by atoms with E-state index < -0.39 is 0 Å². The van der Waals surface area contributed by atoms with E-state index in [1.54, 1.807) is 0 Å². The van der Waals surface area contributed by atoms with E-state index in [0.29, 0.717) is 0 Å². The van der Waals surface area contributed by atoms with Crippen LogP contribution in [0.15, 0.2) is 5.57 Å². The van der Waals surface area contributed by atoms with Crippen molar-refractivity contribution in [3.8, 4) is 0 Å². The van der Waals surface area contributed by atoms with Gasteiger partial charge in [-0.2, -0.15) is 0 Å². The fourth-order valence-electron chi connectivity index (χ4n) is 0.144. The minimum absolute atomic E-state index is 1.05. The standard InChI is InChI=1S/C6H7/c1-4-5-6(2)3/h1H,2-3H3. The van der Waals surface area contributed by atoms with E-state index >= 15 is 0 Å². The van der Waals surface area contributed by atoms with Gasteiger partial charge in [0.1, 0.15) is 0 Å². The van der Waals surface area contributed by atoms with Crippen molar-refractivity contribution in [1.82, 2.24) is 0 Å². The van der Waals surface area contributed by atoms with Crippen LogP contribution in [0, 0.1) is 18.7 Å². The zero-order chi connectivity index (χ0) is 4.99. The van der Waals surface area contributed by atoms with Crippen molar-refractivity contribution in [1.29, 1.82) is 0 Å². The Bertz CT molecular complexity index is 64.1. The molecule has 0 fully saturated rings. The summed E-state index contributed by atoms with van der Waals surface area (Å²) in [5, 5.41) is 0. The summed E-state index contributed by atoms with van der Waals surface area (Å²) in [5.41, 5.74) is 1.05. The Hall–Kier alpha value is -0.520. The van der Waals surface area contributed by atoms with Gasteiger partial charge in [0.25, 0.3) is 0 Å². The zero-order valence-corrected chi connectivity index (χ0v) is 4.08. The second kappa shape index (κ2) is 2.70. The maximum Gasteiger partial charge on any atom is -0.00994 e. The van der Waals surface area contributed by atoms with Crippen LogP contribution in [-0.4, -0.2) is 0 Å². The third-order valence-corrected chi connectivity index (χ3v) is 0.322. The maximum atomic E-state index is 4.85. The largest absolute Gasteiger partial charge is 0.0679 e. The van der Waals surface area contributed by atoms with Crippen LogP contribution in [-0.2, 0) is 0 Å². The van der Waals surface area contributed by atoms with Crippen LogP contribution in [0.5, 0.6) is 0 Å². The molecule has 0 aliphatic carbocycles. The smallest absolute Gasteiger partial charge is 0.00994 e. The van der Waals surface area contributed by atoms with Crippen molar-refractivity contribution >= 4 is 0 Å². The van der Waals surface area contributed by atoms with Gasteiger partial charge in [-0.3, -0.25) is 0 Å². The molecule has 0 atom stereocenters. The summed E-state index contributed by atoms with van der Waals surface area (Å²) >= 11 is 0. The van der Waals surface area contributed by atoms with Crippen molar-refractivity contribution in [2.45, 2.75) is 13.8 Å². The molecule has 0 aromatic rings. The summed E-state index contributed by atoms with van der Waals surface area (Å²) < 4.78 is 0. The van der Waals surface area contributed by atoms with Gasteiger partial charge in [-0.15, -0.1) is 0 Å². The van der Waals surface area contributed by atoms with Gasteiger partial charge in [0, 0.05) is 0 Å². The molecule has 31 valence electrons. The topological polar surface area (TPSA) is 0 Å². The summed E-state index contributed by atoms with van der Waals surface area (Å²) in [6.07, 6.45) is 4.93. The molecular weight excluding hydrogens is 72.1 g/mol. The SMILES string of the molecule is [CH]=[C][C]=C(C)C. The molecule has 0 nitrogen and oxygen atoms in total. The lowest BCUT2D eigenvalue weighted by Gasteiger charge is -1.74. The van der Waals surface area contributed by atoms with Crippen molar-refractivity contribution in [3.63, 3.8) is 0 Å². The van der Waals surface area contributed by atoms with E-state index in [-0.39, 0.29) is 0 Å². The van der Waals surface area contributed by atoms with E-state index in [2.05, 4.69) is 12.2 Å². The normalized spacial score (nSPS) is 7.00. The average Bonchev–Trinajstić information content (AvgIpc) is 1.35. The fourth-order valence-corrected chi connectivity index (χ4v) is 0.144. The first kappa shape index (κ1) is 5.48. The quantitative estimate of drug-likeness (QED) is 0.418. The number of rotatable bonds is 1. The highest BCUT2D eigenvalue weighted by Crippen LogP contribution is 1.82. The van der Waals surface area contributed by atoms with Gasteiger partial charge >= 0.3 is 0 Å². The molecule has 0 heterocycles. The highest BCUT2D eigenvalue weighted by Gasteiger charge is 1.65. The predicted molar refractivity (Wildman–Crippen MR) is 25.6 cm³/mol. The predicted octanol–water partition coefficient (Wildman–Crippen LogP) is 1.55. The average molecular weight is 79.1 g/mol. The molecule has 0 aliphatic rings. The van der Waals surface area contributed by atoms with Gasteiger partial charge in [-0.25, -0.2) is 0 Å². The zero-order valence-electron chi connectivity index (χ0n) is 4.08. The second-order valence-corrected chi connectivity index (χ2v) is 1.27. The molecule has 0 aromatic heterocycles. The van der Waals surface area contributed by atoms with E-state index in [0.717, 1.165) is 5.57 Å². The van der Waals surface area contributed by atoms with Crippen LogP contribution in [0.25, 0.3) is 0 Å². The minimum atomic E-state index is 1.05. The molecule has 0 aliphatic heterocycles. The second-order valence-electron chi connectivity index (χ2n) is 1.27. The maximum absolute atomic E-state index is 4.85. The molecule has 0 spiro atoms. The summed E-state index contributed by atoms with van der Waals surface area (Å²) in [4.78, 5) is 0. The van der Waals surface area contributed by atoms with Gasteiger partial charge in [0.2, 0.25) is 0 Å². The fraction of sp³-hybridized carbons (Fsp3) is 0.333. The number of hydrogen-bond donors (Lipinski definition) is 0. The first-order valence-electron chi connectivity index (χ1n) is 1.79. The van der Waals surface area contributed by atoms with Crippen molar-refractivity contribution in [3.05, 3.63) is 24.3 Å². The molecule has 0 saturated carbocycles. The Morgan fingerprint density at radius 2 is 2.00 bits per heavy atom. The Morgan fingerprint density at radius 1 is 1.50 bits per heavy atom. The molecule has 6 heavy (non-hydrogen) atoms. The Labute approximate surface area is 39.2 Å².